The first-order valence-electron chi connectivity index (χ1n) is 1.42. The van der Waals surface area contributed by atoms with Gasteiger partial charge in [0.15, 0.2) is 0 Å². The summed E-state index contributed by atoms with van der Waals surface area (Å²) in [5.74, 6) is 0. The molecule has 0 rings (SSSR count). The molecule has 0 aromatic carbocycles. The van der Waals surface area contributed by atoms with Gasteiger partial charge in [-0.15, -0.1) is 0 Å². The second kappa shape index (κ2) is 16.1. The van der Waals surface area contributed by atoms with Gasteiger partial charge in [-0.05, 0) is 0 Å². The fourth-order valence-corrected chi connectivity index (χ4v) is 0. The number of carbonyl (C=O) groups excluding carboxylic acids is 1. The Morgan fingerprint density at radius 3 is 1.71 bits per heavy atom. The maximum Gasteiger partial charge on any atom is 0.273 e. The van der Waals surface area contributed by atoms with Crippen LogP contribution in [0.1, 0.15) is 6.92 Å². The molecule has 2 nitrogen and oxygen atoms in total. The fraction of sp³-hybridized carbons (Fsp3) is 0.333. The number of amides is 1. The summed E-state index contributed by atoms with van der Waals surface area (Å²) in [6.45, 7) is 5.00. The molecule has 7 heavy (non-hydrogen) atoms. The zero-order valence-electron chi connectivity index (χ0n) is 4.35. The zero-order valence-corrected chi connectivity index (χ0v) is 8.21. The smallest absolute Gasteiger partial charge is 0.273 e. The molecule has 0 saturated heterocycles. The minimum absolute atomic E-state index is 0. The van der Waals surface area contributed by atoms with E-state index in [4.69, 9.17) is 4.79 Å². The molecule has 0 aliphatic carbocycles. The van der Waals surface area contributed by atoms with E-state index in [1.807, 2.05) is 0 Å². The normalized spacial score (nSPS) is 4.43. The first-order chi connectivity index (χ1) is 2.73. The molecular weight excluding hydrogens is 163 g/mol. The second-order valence-electron chi connectivity index (χ2n) is 0.338. The van der Waals surface area contributed by atoms with Crippen molar-refractivity contribution in [1.29, 1.82) is 0 Å². The molecule has 0 aliphatic heterocycles. The maximum atomic E-state index is 9.09. The molecule has 0 spiro atoms. The number of rotatable bonds is 0. The van der Waals surface area contributed by atoms with Crippen LogP contribution in [0.3, 0.4) is 0 Å². The van der Waals surface area contributed by atoms with E-state index in [0.29, 0.717) is 0 Å². The third-order valence-corrected chi connectivity index (χ3v) is 0. The van der Waals surface area contributed by atoms with Crippen LogP contribution >= 0.6 is 12.6 Å². The average Bonchev–Trinajstić information content (AvgIpc) is 1.41. The van der Waals surface area contributed by atoms with Crippen LogP contribution in [0.25, 0.3) is 0 Å². The van der Waals surface area contributed by atoms with Crippen LogP contribution in [0.15, 0.2) is 0 Å². The molecule has 0 heterocycles. The van der Waals surface area contributed by atoms with E-state index >= 15 is 0 Å². The quantitative estimate of drug-likeness (QED) is 0.317. The molecule has 0 atom stereocenters. The number of primary amides is 1. The Balaban J connectivity index is -0.0000000480. The summed E-state index contributed by atoms with van der Waals surface area (Å²) in [6.07, 6.45) is 0. The number of thiol groups is 1. The van der Waals surface area contributed by atoms with Crippen molar-refractivity contribution < 1.29 is 24.3 Å². The summed E-state index contributed by atoms with van der Waals surface area (Å²) < 4.78 is 0. The predicted molar refractivity (Wildman–Crippen MR) is 29.6 cm³/mol. The van der Waals surface area contributed by atoms with Gasteiger partial charge >= 0.3 is 0 Å². The van der Waals surface area contributed by atoms with E-state index in [1.165, 1.54) is 0 Å². The van der Waals surface area contributed by atoms with Crippen molar-refractivity contribution in [2.75, 3.05) is 0 Å². The second-order valence-corrected chi connectivity index (χ2v) is 0.779. The predicted octanol–water partition coefficient (Wildman–Crippen LogP) is 0.833. The first kappa shape index (κ1) is 15.7. The number of hydrogen-bond donors (Lipinski definition) is 2. The monoisotopic (exact) mass is 170 g/mol. The standard InChI is InChI=1S/C2H5.CH3NOS.Zn/c1-2;2-1(3)4;/h1H2,2H3;(H3,2,3,4);/q-1;;. The van der Waals surface area contributed by atoms with Gasteiger partial charge in [0, 0.05) is 19.5 Å². The van der Waals surface area contributed by atoms with Gasteiger partial charge in [-0.2, -0.15) is 6.92 Å². The number of hydrogen-bond acceptors (Lipinski definition) is 1. The SMILES string of the molecule is NC(=O)S.[CH2-]C.[Zn]. The summed E-state index contributed by atoms with van der Waals surface area (Å²) in [5.41, 5.74) is 4.34. The minimum Gasteiger partial charge on any atom is -0.361 e. The fourth-order valence-electron chi connectivity index (χ4n) is 0. The van der Waals surface area contributed by atoms with E-state index in [-0.39, 0.29) is 19.5 Å². The van der Waals surface area contributed by atoms with E-state index in [1.54, 1.807) is 6.92 Å². The van der Waals surface area contributed by atoms with Crippen molar-refractivity contribution in [3.05, 3.63) is 6.92 Å². The topological polar surface area (TPSA) is 43.1 Å². The Bertz CT molecular complexity index is 37.9. The first-order valence-corrected chi connectivity index (χ1v) is 1.87. The van der Waals surface area contributed by atoms with E-state index in [9.17, 15) is 0 Å². The molecule has 0 bridgehead atoms. The van der Waals surface area contributed by atoms with Crippen molar-refractivity contribution in [3.8, 4) is 0 Å². The number of nitrogens with two attached hydrogens (primary N) is 1. The molecular formula is C3H8NOSZn-. The Hall–Kier alpha value is 0.443. The Morgan fingerprint density at radius 1 is 1.71 bits per heavy atom. The molecule has 0 fully saturated rings. The molecule has 2 N–H and O–H groups in total. The maximum absolute atomic E-state index is 9.09. The van der Waals surface area contributed by atoms with E-state index in [2.05, 4.69) is 25.3 Å². The van der Waals surface area contributed by atoms with Crippen molar-refractivity contribution in [1.82, 2.24) is 0 Å². The van der Waals surface area contributed by atoms with Gasteiger partial charge in [-0.1, -0.05) is 12.6 Å². The molecule has 0 unspecified atom stereocenters. The Kier molecular flexibility index (Phi) is 36.0. The number of carbonyl (C=O) groups is 1. The summed E-state index contributed by atoms with van der Waals surface area (Å²) in [6, 6.07) is 0. The summed E-state index contributed by atoms with van der Waals surface area (Å²) in [4.78, 5) is 9.09. The Labute approximate surface area is 62.0 Å². The van der Waals surface area contributed by atoms with Gasteiger partial charge in [-0.25, -0.2) is 0 Å². The van der Waals surface area contributed by atoms with Crippen molar-refractivity contribution in [2.45, 2.75) is 6.92 Å². The van der Waals surface area contributed by atoms with Gasteiger partial charge in [-0.3, -0.25) is 4.79 Å². The molecule has 0 aromatic heterocycles. The van der Waals surface area contributed by atoms with E-state index in [0.717, 1.165) is 0 Å². The summed E-state index contributed by atoms with van der Waals surface area (Å²) in [7, 11) is 0. The van der Waals surface area contributed by atoms with Gasteiger partial charge < -0.3 is 12.7 Å². The Morgan fingerprint density at radius 2 is 1.71 bits per heavy atom. The molecule has 0 aromatic rings. The summed E-state index contributed by atoms with van der Waals surface area (Å²) in [5, 5.41) is -0.639. The minimum atomic E-state index is -0.639. The van der Waals surface area contributed by atoms with Crippen LogP contribution < -0.4 is 5.73 Å². The van der Waals surface area contributed by atoms with Crippen LogP contribution in [0.2, 0.25) is 0 Å². The summed E-state index contributed by atoms with van der Waals surface area (Å²) >= 11 is 3.10. The average molecular weight is 172 g/mol. The zero-order chi connectivity index (χ0) is 5.58. The van der Waals surface area contributed by atoms with Crippen molar-refractivity contribution in [2.24, 2.45) is 5.73 Å². The van der Waals surface area contributed by atoms with Crippen molar-refractivity contribution in [3.63, 3.8) is 0 Å². The molecule has 40 valence electrons. The molecule has 0 radical (unpaired) electrons. The third kappa shape index (κ3) is 647. The van der Waals surface area contributed by atoms with Crippen molar-refractivity contribution >= 4 is 17.9 Å². The third-order valence-electron chi connectivity index (χ3n) is 0. The molecule has 4 heteroatoms. The van der Waals surface area contributed by atoms with Crippen LogP contribution in [0.5, 0.6) is 0 Å². The van der Waals surface area contributed by atoms with Crippen LogP contribution in [-0.2, 0) is 19.5 Å². The van der Waals surface area contributed by atoms with Crippen LogP contribution in [0.4, 0.5) is 4.79 Å². The van der Waals surface area contributed by atoms with Gasteiger partial charge in [0.05, 0.1) is 0 Å². The molecule has 0 aliphatic rings. The molecule has 1 amide bonds. The van der Waals surface area contributed by atoms with Crippen LogP contribution in [0, 0.1) is 6.92 Å². The van der Waals surface area contributed by atoms with E-state index < -0.39 is 5.24 Å². The largest absolute Gasteiger partial charge is 0.361 e. The van der Waals surface area contributed by atoms with Gasteiger partial charge in [0.2, 0.25) is 0 Å². The van der Waals surface area contributed by atoms with Crippen LogP contribution in [-0.4, -0.2) is 5.24 Å². The molecule has 0 saturated carbocycles. The van der Waals surface area contributed by atoms with Gasteiger partial charge in [0.1, 0.15) is 0 Å². The van der Waals surface area contributed by atoms with Gasteiger partial charge in [0.25, 0.3) is 5.24 Å².